The molecule has 4 aromatic rings. The van der Waals surface area contributed by atoms with Crippen LogP contribution in [0.4, 0.5) is 5.69 Å². The standard InChI is InChI=1S/C26H23N3O4S/c1-18(22-14-8-10-19-9-3-4-13-23(19)22)27-28-26(30)20-11-7-12-21(17-20)34(31,32)29-24-15-5-6-16-25(24)33-2/h3-17,29H,1-2H3,(H,28,30)/b27-18+. The van der Waals surface area contributed by atoms with Gasteiger partial charge in [-0.15, -0.1) is 0 Å². The van der Waals surface area contributed by atoms with E-state index in [1.165, 1.54) is 31.4 Å². The number of anilines is 1. The number of nitrogens with zero attached hydrogens (tertiary/aromatic N) is 1. The second-order valence-electron chi connectivity index (χ2n) is 7.50. The fourth-order valence-corrected chi connectivity index (χ4v) is 4.65. The summed E-state index contributed by atoms with van der Waals surface area (Å²) in [5.74, 6) is -0.132. The van der Waals surface area contributed by atoms with Crippen LogP contribution in [0.25, 0.3) is 10.8 Å². The number of hydrazone groups is 1. The van der Waals surface area contributed by atoms with Gasteiger partial charge in [-0.3, -0.25) is 9.52 Å². The molecular weight excluding hydrogens is 450 g/mol. The molecule has 0 atom stereocenters. The predicted octanol–water partition coefficient (Wildman–Crippen LogP) is 4.80. The fourth-order valence-electron chi connectivity index (χ4n) is 3.54. The van der Waals surface area contributed by atoms with Crippen molar-refractivity contribution in [3.8, 4) is 5.75 Å². The van der Waals surface area contributed by atoms with E-state index in [4.69, 9.17) is 4.74 Å². The summed E-state index contributed by atoms with van der Waals surface area (Å²) in [4.78, 5) is 12.7. The number of rotatable bonds is 7. The summed E-state index contributed by atoms with van der Waals surface area (Å²) in [5, 5.41) is 6.33. The molecule has 4 aromatic carbocycles. The van der Waals surface area contributed by atoms with E-state index in [9.17, 15) is 13.2 Å². The number of hydrogen-bond acceptors (Lipinski definition) is 5. The number of fused-ring (bicyclic) bond motifs is 1. The minimum absolute atomic E-state index is 0.0548. The van der Waals surface area contributed by atoms with Crippen LogP contribution in [-0.4, -0.2) is 27.1 Å². The van der Waals surface area contributed by atoms with E-state index in [1.807, 2.05) is 42.5 Å². The van der Waals surface area contributed by atoms with Crippen LogP contribution in [-0.2, 0) is 10.0 Å². The molecule has 4 rings (SSSR count). The van der Waals surface area contributed by atoms with Gasteiger partial charge in [0.25, 0.3) is 15.9 Å². The Morgan fingerprint density at radius 3 is 2.41 bits per heavy atom. The molecule has 0 saturated carbocycles. The van der Waals surface area contributed by atoms with Gasteiger partial charge in [-0.1, -0.05) is 60.7 Å². The first kappa shape index (κ1) is 23.0. The van der Waals surface area contributed by atoms with Gasteiger partial charge in [0.1, 0.15) is 5.75 Å². The van der Waals surface area contributed by atoms with Crippen molar-refractivity contribution in [3.63, 3.8) is 0 Å². The Morgan fingerprint density at radius 2 is 1.59 bits per heavy atom. The van der Waals surface area contributed by atoms with Gasteiger partial charge < -0.3 is 4.74 Å². The van der Waals surface area contributed by atoms with Crippen molar-refractivity contribution in [2.24, 2.45) is 5.10 Å². The van der Waals surface area contributed by atoms with E-state index in [0.29, 0.717) is 17.1 Å². The van der Waals surface area contributed by atoms with Crippen LogP contribution in [0.5, 0.6) is 5.75 Å². The fraction of sp³-hybridized carbons (Fsp3) is 0.0769. The molecule has 0 aliphatic rings. The molecule has 2 N–H and O–H groups in total. The molecule has 0 bridgehead atoms. The zero-order valence-electron chi connectivity index (χ0n) is 18.6. The summed E-state index contributed by atoms with van der Waals surface area (Å²) in [6.07, 6.45) is 0. The van der Waals surface area contributed by atoms with E-state index in [-0.39, 0.29) is 10.5 Å². The van der Waals surface area contributed by atoms with Gasteiger partial charge in [-0.05, 0) is 48.0 Å². The Labute approximate surface area is 198 Å². The minimum atomic E-state index is -3.95. The average Bonchev–Trinajstić information content (AvgIpc) is 2.87. The third-order valence-corrected chi connectivity index (χ3v) is 6.63. The molecule has 34 heavy (non-hydrogen) atoms. The maximum absolute atomic E-state index is 12.9. The number of carbonyl (C=O) groups excluding carboxylic acids is 1. The molecule has 8 heteroatoms. The largest absolute Gasteiger partial charge is 0.495 e. The summed E-state index contributed by atoms with van der Waals surface area (Å²) in [6, 6.07) is 26.2. The first-order valence-electron chi connectivity index (χ1n) is 10.5. The van der Waals surface area contributed by atoms with Crippen LogP contribution in [0.3, 0.4) is 0 Å². The summed E-state index contributed by atoms with van der Waals surface area (Å²) in [7, 11) is -2.49. The maximum atomic E-state index is 12.9. The highest BCUT2D eigenvalue weighted by Gasteiger charge is 2.18. The summed E-state index contributed by atoms with van der Waals surface area (Å²) >= 11 is 0. The van der Waals surface area contributed by atoms with Crippen molar-refractivity contribution < 1.29 is 17.9 Å². The van der Waals surface area contributed by atoms with Gasteiger partial charge in [0.15, 0.2) is 0 Å². The number of sulfonamides is 1. The van der Waals surface area contributed by atoms with Crippen LogP contribution in [0.1, 0.15) is 22.8 Å². The first-order chi connectivity index (χ1) is 16.4. The molecule has 0 heterocycles. The van der Waals surface area contributed by atoms with Crippen molar-refractivity contribution >= 4 is 38.1 Å². The van der Waals surface area contributed by atoms with E-state index in [2.05, 4.69) is 15.2 Å². The number of nitrogens with one attached hydrogen (secondary N) is 2. The van der Waals surface area contributed by atoms with Crippen molar-refractivity contribution in [1.29, 1.82) is 0 Å². The second kappa shape index (κ2) is 9.76. The predicted molar refractivity (Wildman–Crippen MR) is 134 cm³/mol. The molecule has 0 aliphatic heterocycles. The van der Waals surface area contributed by atoms with Gasteiger partial charge in [-0.2, -0.15) is 5.10 Å². The van der Waals surface area contributed by atoms with Crippen LogP contribution in [0.2, 0.25) is 0 Å². The highest BCUT2D eigenvalue weighted by atomic mass is 32.2. The van der Waals surface area contributed by atoms with E-state index in [1.54, 1.807) is 31.2 Å². The normalized spacial score (nSPS) is 11.8. The molecule has 1 amide bonds. The third-order valence-electron chi connectivity index (χ3n) is 5.26. The Morgan fingerprint density at radius 1 is 0.882 bits per heavy atom. The number of carbonyl (C=O) groups is 1. The first-order valence-corrected chi connectivity index (χ1v) is 12.0. The second-order valence-corrected chi connectivity index (χ2v) is 9.18. The molecule has 0 spiro atoms. The zero-order valence-corrected chi connectivity index (χ0v) is 19.5. The summed E-state index contributed by atoms with van der Waals surface area (Å²) < 4.78 is 33.5. The van der Waals surface area contributed by atoms with E-state index < -0.39 is 15.9 Å². The van der Waals surface area contributed by atoms with Gasteiger partial charge in [0.2, 0.25) is 0 Å². The van der Waals surface area contributed by atoms with Gasteiger partial charge in [0.05, 0.1) is 23.4 Å². The lowest BCUT2D eigenvalue weighted by atomic mass is 10.0. The van der Waals surface area contributed by atoms with E-state index >= 15 is 0 Å². The number of methoxy groups -OCH3 is 1. The third kappa shape index (κ3) is 4.92. The molecular formula is C26H23N3O4S. The molecule has 0 unspecified atom stereocenters. The molecule has 7 nitrogen and oxygen atoms in total. The van der Waals surface area contributed by atoms with Crippen LogP contribution >= 0.6 is 0 Å². The zero-order chi connectivity index (χ0) is 24.1. The molecule has 0 fully saturated rings. The van der Waals surface area contributed by atoms with E-state index in [0.717, 1.165) is 16.3 Å². The SMILES string of the molecule is COc1ccccc1NS(=O)(=O)c1cccc(C(=O)N/N=C(\C)c2cccc3ccccc23)c1. The topological polar surface area (TPSA) is 96.9 Å². The molecule has 0 aromatic heterocycles. The quantitative estimate of drug-likeness (QED) is 0.298. The highest BCUT2D eigenvalue weighted by molar-refractivity contribution is 7.92. The summed E-state index contributed by atoms with van der Waals surface area (Å²) in [6.45, 7) is 1.81. The van der Waals surface area contributed by atoms with Gasteiger partial charge in [0, 0.05) is 11.1 Å². The minimum Gasteiger partial charge on any atom is -0.495 e. The molecule has 172 valence electrons. The van der Waals surface area contributed by atoms with Crippen LogP contribution in [0.15, 0.2) is 101 Å². The molecule has 0 saturated heterocycles. The van der Waals surface area contributed by atoms with Crippen LogP contribution < -0.4 is 14.9 Å². The van der Waals surface area contributed by atoms with Crippen LogP contribution in [0, 0.1) is 0 Å². The van der Waals surface area contributed by atoms with Gasteiger partial charge in [-0.25, -0.2) is 13.8 Å². The highest BCUT2D eigenvalue weighted by Crippen LogP contribution is 2.26. The number of para-hydroxylation sites is 2. The molecule has 0 radical (unpaired) electrons. The number of hydrogen-bond donors (Lipinski definition) is 2. The van der Waals surface area contributed by atoms with Gasteiger partial charge >= 0.3 is 0 Å². The Kier molecular flexibility index (Phi) is 6.60. The Balaban J connectivity index is 1.55. The monoisotopic (exact) mass is 473 g/mol. The number of benzene rings is 4. The van der Waals surface area contributed by atoms with Crippen molar-refractivity contribution in [1.82, 2.24) is 5.43 Å². The summed E-state index contributed by atoms with van der Waals surface area (Å²) in [5.41, 5.74) is 4.52. The van der Waals surface area contributed by atoms with Crippen molar-refractivity contribution in [3.05, 3.63) is 102 Å². The maximum Gasteiger partial charge on any atom is 0.271 e. The number of ether oxygens (including phenoxy) is 1. The van der Waals surface area contributed by atoms with Crippen molar-refractivity contribution in [2.45, 2.75) is 11.8 Å². The molecule has 0 aliphatic carbocycles. The lowest BCUT2D eigenvalue weighted by Crippen LogP contribution is -2.20. The van der Waals surface area contributed by atoms with Crippen molar-refractivity contribution in [2.75, 3.05) is 11.8 Å². The Bertz CT molecular complexity index is 1490. The number of amides is 1. The lowest BCUT2D eigenvalue weighted by molar-refractivity contribution is 0.0954. The average molecular weight is 474 g/mol. The smallest absolute Gasteiger partial charge is 0.271 e. The Hall–Kier alpha value is -4.17. The lowest BCUT2D eigenvalue weighted by Gasteiger charge is -2.12.